The van der Waals surface area contributed by atoms with E-state index in [1.165, 1.54) is 17.3 Å². The molecule has 0 aliphatic carbocycles. The van der Waals surface area contributed by atoms with Crippen molar-refractivity contribution >= 4 is 17.7 Å². The van der Waals surface area contributed by atoms with Crippen molar-refractivity contribution in [1.82, 2.24) is 25.1 Å². The molecule has 0 saturated carbocycles. The third kappa shape index (κ3) is 5.38. The zero-order valence-corrected chi connectivity index (χ0v) is 18.0. The van der Waals surface area contributed by atoms with Gasteiger partial charge in [-0.3, -0.25) is 14.3 Å². The fourth-order valence-electron chi connectivity index (χ4n) is 3.22. The number of benzene rings is 2. The third-order valence-electron chi connectivity index (χ3n) is 4.74. The van der Waals surface area contributed by atoms with Crippen LogP contribution in [0, 0.1) is 6.92 Å². The average molecular weight is 430 g/mol. The Balaban J connectivity index is 1.48. The smallest absolute Gasteiger partial charge is 0.230 e. The van der Waals surface area contributed by atoms with Gasteiger partial charge in [0.15, 0.2) is 11.0 Å². The maximum Gasteiger partial charge on any atom is 0.230 e. The highest BCUT2D eigenvalue weighted by atomic mass is 32.2. The molecule has 31 heavy (non-hydrogen) atoms. The number of rotatable bonds is 8. The van der Waals surface area contributed by atoms with Crippen molar-refractivity contribution in [3.05, 3.63) is 90.3 Å². The molecule has 4 rings (SSSR count). The predicted octanol–water partition coefficient (Wildman–Crippen LogP) is 4.09. The number of nitrogens with one attached hydrogen (secondary N) is 1. The molecule has 2 heterocycles. The number of aromatic nitrogens is 4. The average Bonchev–Trinajstić information content (AvgIpc) is 3.23. The summed E-state index contributed by atoms with van der Waals surface area (Å²) >= 11 is 1.38. The Hall–Kier alpha value is -3.45. The van der Waals surface area contributed by atoms with Gasteiger partial charge in [-0.15, -0.1) is 10.2 Å². The highest BCUT2D eigenvalue weighted by Gasteiger charge is 2.17. The van der Waals surface area contributed by atoms with E-state index < -0.39 is 0 Å². The lowest BCUT2D eigenvalue weighted by Gasteiger charge is -2.11. The number of amides is 1. The van der Waals surface area contributed by atoms with E-state index in [9.17, 15) is 4.79 Å². The first-order valence-corrected chi connectivity index (χ1v) is 11.1. The zero-order chi connectivity index (χ0) is 21.5. The second-order valence-corrected chi connectivity index (χ2v) is 8.03. The largest absolute Gasteiger partial charge is 0.355 e. The van der Waals surface area contributed by atoms with Crippen molar-refractivity contribution < 1.29 is 4.79 Å². The summed E-state index contributed by atoms with van der Waals surface area (Å²) < 4.78 is 1.99. The number of carbonyl (C=O) groups is 1. The minimum atomic E-state index is -0.0230. The summed E-state index contributed by atoms with van der Waals surface area (Å²) in [5, 5.41) is 12.4. The van der Waals surface area contributed by atoms with E-state index in [2.05, 4.69) is 38.7 Å². The minimum absolute atomic E-state index is 0.0230. The van der Waals surface area contributed by atoms with Gasteiger partial charge in [0.2, 0.25) is 5.91 Å². The van der Waals surface area contributed by atoms with Crippen molar-refractivity contribution in [2.24, 2.45) is 0 Å². The van der Waals surface area contributed by atoms with Gasteiger partial charge in [0.05, 0.1) is 5.75 Å². The topological polar surface area (TPSA) is 72.7 Å². The fourth-order valence-corrected chi connectivity index (χ4v) is 4.01. The summed E-state index contributed by atoms with van der Waals surface area (Å²) in [5.41, 5.74) is 4.23. The zero-order valence-electron chi connectivity index (χ0n) is 17.2. The summed E-state index contributed by atoms with van der Waals surface area (Å²) in [4.78, 5) is 16.5. The molecule has 0 unspecified atom stereocenters. The lowest BCUT2D eigenvalue weighted by molar-refractivity contribution is -0.118. The maximum absolute atomic E-state index is 12.4. The van der Waals surface area contributed by atoms with Crippen LogP contribution in [0.25, 0.3) is 17.1 Å². The van der Waals surface area contributed by atoms with E-state index in [-0.39, 0.29) is 11.7 Å². The Morgan fingerprint density at radius 3 is 2.58 bits per heavy atom. The van der Waals surface area contributed by atoms with E-state index in [4.69, 9.17) is 0 Å². The van der Waals surface area contributed by atoms with Crippen molar-refractivity contribution in [3.8, 4) is 17.1 Å². The second-order valence-electron chi connectivity index (χ2n) is 7.09. The van der Waals surface area contributed by atoms with Crippen LogP contribution in [0.2, 0.25) is 0 Å². The molecular formula is C24H23N5OS. The summed E-state index contributed by atoms with van der Waals surface area (Å²) in [6.45, 7) is 2.66. The van der Waals surface area contributed by atoms with Gasteiger partial charge in [0.1, 0.15) is 0 Å². The van der Waals surface area contributed by atoms with Crippen LogP contribution in [0.4, 0.5) is 0 Å². The van der Waals surface area contributed by atoms with Gasteiger partial charge >= 0.3 is 0 Å². The van der Waals surface area contributed by atoms with Crippen LogP contribution in [0.3, 0.4) is 0 Å². The molecule has 0 atom stereocenters. The van der Waals surface area contributed by atoms with Gasteiger partial charge in [-0.05, 0) is 48.7 Å². The Kier molecular flexibility index (Phi) is 6.74. The van der Waals surface area contributed by atoms with Crippen molar-refractivity contribution in [3.63, 3.8) is 0 Å². The summed E-state index contributed by atoms with van der Waals surface area (Å²) in [5.74, 6) is 0.972. The molecule has 1 amide bonds. The molecular weight excluding hydrogens is 406 g/mol. The van der Waals surface area contributed by atoms with E-state index in [1.54, 1.807) is 12.4 Å². The van der Waals surface area contributed by atoms with E-state index >= 15 is 0 Å². The quantitative estimate of drug-likeness (QED) is 0.427. The molecule has 0 radical (unpaired) electrons. The molecule has 0 bridgehead atoms. The van der Waals surface area contributed by atoms with Crippen molar-refractivity contribution in [2.45, 2.75) is 18.5 Å². The van der Waals surface area contributed by atoms with Crippen molar-refractivity contribution in [1.29, 1.82) is 0 Å². The van der Waals surface area contributed by atoms with Crippen LogP contribution < -0.4 is 5.32 Å². The molecule has 2 aromatic heterocycles. The Bertz CT molecular complexity index is 1150. The van der Waals surface area contributed by atoms with Crippen LogP contribution in [-0.2, 0) is 11.2 Å². The number of aryl methyl sites for hydroxylation is 1. The monoisotopic (exact) mass is 429 g/mol. The third-order valence-corrected chi connectivity index (χ3v) is 5.67. The van der Waals surface area contributed by atoms with Crippen LogP contribution in [0.15, 0.2) is 84.3 Å². The lowest BCUT2D eigenvalue weighted by Crippen LogP contribution is -2.27. The molecule has 4 aromatic rings. The molecule has 1 N–H and O–H groups in total. The summed E-state index contributed by atoms with van der Waals surface area (Å²) in [6.07, 6.45) is 4.28. The van der Waals surface area contributed by atoms with Crippen LogP contribution in [0.5, 0.6) is 0 Å². The Labute approximate surface area is 185 Å². The Morgan fingerprint density at radius 2 is 1.81 bits per heavy atom. The summed E-state index contributed by atoms with van der Waals surface area (Å²) in [7, 11) is 0. The molecule has 0 aliphatic heterocycles. The van der Waals surface area contributed by atoms with Crippen LogP contribution in [0.1, 0.15) is 11.1 Å². The van der Waals surface area contributed by atoms with Gasteiger partial charge < -0.3 is 5.32 Å². The van der Waals surface area contributed by atoms with Crippen LogP contribution in [-0.4, -0.2) is 38.0 Å². The molecule has 0 saturated heterocycles. The molecule has 7 heteroatoms. The van der Waals surface area contributed by atoms with E-state index in [0.29, 0.717) is 11.7 Å². The summed E-state index contributed by atoms with van der Waals surface area (Å²) in [6, 6.07) is 22.1. The standard InChI is InChI=1S/C24H23N5OS/c1-18-6-5-9-21(16-18)29-23(20-11-13-25-14-12-20)27-28-24(29)31-17-22(30)26-15-10-19-7-3-2-4-8-19/h2-9,11-14,16H,10,15,17H2,1H3,(H,26,30). The fraction of sp³-hybridized carbons (Fsp3) is 0.167. The van der Waals surface area contributed by atoms with E-state index in [0.717, 1.165) is 29.1 Å². The van der Waals surface area contributed by atoms with Gasteiger partial charge in [-0.2, -0.15) is 0 Å². The van der Waals surface area contributed by atoms with Crippen molar-refractivity contribution in [2.75, 3.05) is 12.3 Å². The molecule has 6 nitrogen and oxygen atoms in total. The van der Waals surface area contributed by atoms with E-state index in [1.807, 2.05) is 60.0 Å². The number of pyridine rings is 1. The number of nitrogens with zero attached hydrogens (tertiary/aromatic N) is 4. The normalized spacial score (nSPS) is 10.7. The SMILES string of the molecule is Cc1cccc(-n2c(SCC(=O)NCCc3ccccc3)nnc2-c2ccncc2)c1. The molecule has 2 aromatic carbocycles. The first-order valence-electron chi connectivity index (χ1n) is 10.1. The highest BCUT2D eigenvalue weighted by Crippen LogP contribution is 2.28. The molecule has 0 spiro atoms. The minimum Gasteiger partial charge on any atom is -0.355 e. The maximum atomic E-state index is 12.4. The van der Waals surface area contributed by atoms with Gasteiger partial charge in [0, 0.05) is 30.2 Å². The predicted molar refractivity (Wildman–Crippen MR) is 123 cm³/mol. The number of hydrogen-bond donors (Lipinski definition) is 1. The number of hydrogen-bond acceptors (Lipinski definition) is 5. The first kappa shape index (κ1) is 20.8. The Morgan fingerprint density at radius 1 is 1.00 bits per heavy atom. The van der Waals surface area contributed by atoms with Gasteiger partial charge in [0.25, 0.3) is 0 Å². The number of carbonyl (C=O) groups excluding carboxylic acids is 1. The molecule has 0 aliphatic rings. The molecule has 156 valence electrons. The molecule has 0 fully saturated rings. The second kappa shape index (κ2) is 10.0. The first-order chi connectivity index (χ1) is 15.2. The number of thioether (sulfide) groups is 1. The van der Waals surface area contributed by atoms with Crippen LogP contribution >= 0.6 is 11.8 Å². The van der Waals surface area contributed by atoms with Gasteiger partial charge in [-0.1, -0.05) is 54.2 Å². The highest BCUT2D eigenvalue weighted by molar-refractivity contribution is 7.99. The van der Waals surface area contributed by atoms with Gasteiger partial charge in [-0.25, -0.2) is 0 Å². The lowest BCUT2D eigenvalue weighted by atomic mass is 10.1.